The lowest BCUT2D eigenvalue weighted by molar-refractivity contribution is -0.128. The van der Waals surface area contributed by atoms with Gasteiger partial charge in [0.1, 0.15) is 6.61 Å². The van der Waals surface area contributed by atoms with Crippen LogP contribution in [0.25, 0.3) is 0 Å². The van der Waals surface area contributed by atoms with Crippen LogP contribution >= 0.6 is 24.8 Å². The first-order chi connectivity index (χ1) is 3.39. The molecule has 1 amide bonds. The van der Waals surface area contributed by atoms with Crippen molar-refractivity contribution in [2.75, 3.05) is 19.8 Å². The Bertz CT molecular complexity index is 80.6. The van der Waals surface area contributed by atoms with Crippen molar-refractivity contribution in [3.05, 3.63) is 0 Å². The van der Waals surface area contributed by atoms with Gasteiger partial charge in [-0.1, -0.05) is 0 Å². The van der Waals surface area contributed by atoms with Crippen LogP contribution < -0.4 is 5.32 Å². The number of nitrogens with one attached hydrogen (secondary N) is 1. The van der Waals surface area contributed by atoms with Crippen molar-refractivity contribution in [1.82, 2.24) is 5.32 Å². The summed E-state index contributed by atoms with van der Waals surface area (Å²) in [4.78, 5) is 10.2. The van der Waals surface area contributed by atoms with Crippen molar-refractivity contribution in [3.8, 4) is 0 Å². The molecule has 1 aliphatic heterocycles. The standard InChI is InChI=1S/C4H7NO2.2ClH/c6-4-3-7-2-1-5-4;;/h1-3H2,(H,5,6);2*1H. The van der Waals surface area contributed by atoms with Gasteiger partial charge in [-0.3, -0.25) is 4.79 Å². The van der Waals surface area contributed by atoms with Crippen LogP contribution in [0.2, 0.25) is 0 Å². The van der Waals surface area contributed by atoms with E-state index >= 15 is 0 Å². The van der Waals surface area contributed by atoms with E-state index in [4.69, 9.17) is 4.74 Å². The predicted octanol–water partition coefficient (Wildman–Crippen LogP) is -0.0236. The third kappa shape index (κ3) is 4.51. The number of carbonyl (C=O) groups is 1. The molecule has 0 aromatic rings. The molecule has 0 saturated carbocycles. The smallest absolute Gasteiger partial charge is 0.246 e. The van der Waals surface area contributed by atoms with Gasteiger partial charge in [0.25, 0.3) is 0 Å². The second kappa shape index (κ2) is 6.13. The highest BCUT2D eigenvalue weighted by Crippen LogP contribution is 1.79. The molecule has 56 valence electrons. The molecule has 5 heteroatoms. The molecule has 1 rings (SSSR count). The number of amides is 1. The maximum absolute atomic E-state index is 10.2. The van der Waals surface area contributed by atoms with Gasteiger partial charge in [0.15, 0.2) is 0 Å². The number of rotatable bonds is 0. The van der Waals surface area contributed by atoms with Crippen LogP contribution in [0.1, 0.15) is 0 Å². The lowest BCUT2D eigenvalue weighted by atomic mass is 10.5. The molecule has 0 radical (unpaired) electrons. The Labute approximate surface area is 66.0 Å². The van der Waals surface area contributed by atoms with Gasteiger partial charge >= 0.3 is 0 Å². The summed E-state index contributed by atoms with van der Waals surface area (Å²) in [5, 5.41) is 2.62. The second-order valence-electron chi connectivity index (χ2n) is 1.40. The fourth-order valence-electron chi connectivity index (χ4n) is 0.479. The molecule has 0 bridgehead atoms. The number of ether oxygens (including phenoxy) is 1. The summed E-state index contributed by atoms with van der Waals surface area (Å²) in [5.74, 6) is -0.00810. The van der Waals surface area contributed by atoms with Crippen LogP contribution in [-0.2, 0) is 9.53 Å². The molecule has 0 aromatic heterocycles. The number of hydrogen-bond acceptors (Lipinski definition) is 2. The number of halogens is 2. The molecule has 1 fully saturated rings. The number of carbonyl (C=O) groups excluding carboxylic acids is 1. The Kier molecular flexibility index (Phi) is 8.02. The van der Waals surface area contributed by atoms with E-state index in [9.17, 15) is 4.79 Å². The molecule has 0 spiro atoms. The van der Waals surface area contributed by atoms with Gasteiger partial charge in [-0.25, -0.2) is 0 Å². The SMILES string of the molecule is Cl.Cl.O=C1COCCN1. The van der Waals surface area contributed by atoms with Crippen molar-refractivity contribution < 1.29 is 9.53 Å². The molecule has 1 aliphatic rings. The Morgan fingerprint density at radius 2 is 2.11 bits per heavy atom. The minimum Gasteiger partial charge on any atom is -0.370 e. The summed E-state index contributed by atoms with van der Waals surface area (Å²) in [7, 11) is 0. The van der Waals surface area contributed by atoms with E-state index in [0.717, 1.165) is 0 Å². The van der Waals surface area contributed by atoms with Crippen LogP contribution in [0.15, 0.2) is 0 Å². The topological polar surface area (TPSA) is 38.3 Å². The lowest BCUT2D eigenvalue weighted by Gasteiger charge is -2.10. The van der Waals surface area contributed by atoms with Gasteiger partial charge in [-0.2, -0.15) is 0 Å². The zero-order valence-electron chi connectivity index (χ0n) is 4.75. The van der Waals surface area contributed by atoms with Gasteiger partial charge in [-0.15, -0.1) is 24.8 Å². The van der Waals surface area contributed by atoms with Gasteiger partial charge < -0.3 is 10.1 Å². The molecule has 1 saturated heterocycles. The third-order valence-corrected chi connectivity index (χ3v) is 0.802. The molecule has 1 N–H and O–H groups in total. The van der Waals surface area contributed by atoms with Crippen molar-refractivity contribution in [2.24, 2.45) is 0 Å². The monoisotopic (exact) mass is 173 g/mol. The molecular formula is C4H9Cl2NO2. The fraction of sp³-hybridized carbons (Fsp3) is 0.750. The van der Waals surface area contributed by atoms with Crippen LogP contribution in [0.3, 0.4) is 0 Å². The van der Waals surface area contributed by atoms with E-state index in [1.807, 2.05) is 0 Å². The highest BCUT2D eigenvalue weighted by molar-refractivity contribution is 5.85. The normalized spacial score (nSPS) is 16.7. The van der Waals surface area contributed by atoms with Crippen LogP contribution in [0.5, 0.6) is 0 Å². The van der Waals surface area contributed by atoms with Crippen molar-refractivity contribution in [3.63, 3.8) is 0 Å². The predicted molar refractivity (Wildman–Crippen MR) is 38.3 cm³/mol. The van der Waals surface area contributed by atoms with Crippen LogP contribution in [0, 0.1) is 0 Å². The molecule has 0 unspecified atom stereocenters. The van der Waals surface area contributed by atoms with E-state index < -0.39 is 0 Å². The highest BCUT2D eigenvalue weighted by Gasteiger charge is 2.04. The second-order valence-corrected chi connectivity index (χ2v) is 1.40. The van der Waals surface area contributed by atoms with Crippen LogP contribution in [0.4, 0.5) is 0 Å². The van der Waals surface area contributed by atoms with Gasteiger partial charge in [0.2, 0.25) is 5.91 Å². The number of hydrogen-bond donors (Lipinski definition) is 1. The first kappa shape index (κ1) is 11.8. The average molecular weight is 174 g/mol. The Hall–Kier alpha value is 0.01000. The third-order valence-electron chi connectivity index (χ3n) is 0.802. The summed E-state index contributed by atoms with van der Waals surface area (Å²) in [6.07, 6.45) is 0. The van der Waals surface area contributed by atoms with E-state index in [1.54, 1.807) is 0 Å². The van der Waals surface area contributed by atoms with Gasteiger partial charge in [0, 0.05) is 6.54 Å². The molecule has 0 aromatic carbocycles. The summed E-state index contributed by atoms with van der Waals surface area (Å²) in [5.41, 5.74) is 0. The van der Waals surface area contributed by atoms with Crippen molar-refractivity contribution in [2.45, 2.75) is 0 Å². The molecular weight excluding hydrogens is 165 g/mol. The summed E-state index contributed by atoms with van der Waals surface area (Å²) >= 11 is 0. The Balaban J connectivity index is 0. The van der Waals surface area contributed by atoms with E-state index in [2.05, 4.69) is 5.32 Å². The van der Waals surface area contributed by atoms with E-state index in [0.29, 0.717) is 13.2 Å². The summed E-state index contributed by atoms with van der Waals surface area (Å²) in [6.45, 7) is 1.56. The molecule has 9 heavy (non-hydrogen) atoms. The Morgan fingerprint density at radius 1 is 1.44 bits per heavy atom. The number of morpholine rings is 1. The average Bonchev–Trinajstić information content (AvgIpc) is 1.69. The Morgan fingerprint density at radius 3 is 2.33 bits per heavy atom. The molecule has 0 aliphatic carbocycles. The quantitative estimate of drug-likeness (QED) is 0.560. The summed E-state index contributed by atoms with van der Waals surface area (Å²) < 4.78 is 4.77. The van der Waals surface area contributed by atoms with E-state index in [-0.39, 0.29) is 37.3 Å². The minimum absolute atomic E-state index is 0. The van der Waals surface area contributed by atoms with Gasteiger partial charge in [0.05, 0.1) is 6.61 Å². The first-order valence-corrected chi connectivity index (χ1v) is 2.24. The minimum atomic E-state index is -0.00810. The highest BCUT2D eigenvalue weighted by atomic mass is 35.5. The zero-order valence-corrected chi connectivity index (χ0v) is 6.39. The summed E-state index contributed by atoms with van der Waals surface area (Å²) in [6, 6.07) is 0. The van der Waals surface area contributed by atoms with Crippen molar-refractivity contribution in [1.29, 1.82) is 0 Å². The fourth-order valence-corrected chi connectivity index (χ4v) is 0.479. The van der Waals surface area contributed by atoms with Crippen molar-refractivity contribution >= 4 is 30.7 Å². The van der Waals surface area contributed by atoms with Gasteiger partial charge in [-0.05, 0) is 0 Å². The van der Waals surface area contributed by atoms with Crippen LogP contribution in [-0.4, -0.2) is 25.7 Å². The van der Waals surface area contributed by atoms with E-state index in [1.165, 1.54) is 0 Å². The molecule has 0 atom stereocenters. The molecule has 3 nitrogen and oxygen atoms in total. The zero-order chi connectivity index (χ0) is 5.11. The first-order valence-electron chi connectivity index (χ1n) is 2.24. The lowest BCUT2D eigenvalue weighted by Crippen LogP contribution is -2.36. The maximum atomic E-state index is 10.2. The maximum Gasteiger partial charge on any atom is 0.246 e. The molecule has 1 heterocycles. The largest absolute Gasteiger partial charge is 0.370 e.